The van der Waals surface area contributed by atoms with Gasteiger partial charge in [-0.05, 0) is 18.8 Å². The van der Waals surface area contributed by atoms with E-state index in [1.54, 1.807) is 0 Å². The third-order valence-corrected chi connectivity index (χ3v) is 2.31. The van der Waals surface area contributed by atoms with Crippen LogP contribution >= 0.6 is 0 Å². The maximum atomic E-state index is 11.3. The standard InChI is InChI=1S/C9H18N2O2/c1-7(6-12)5-11-8-3-2-4-10-9(8)13/h7-8,11-12H,2-6H2,1H3,(H,10,13). The van der Waals surface area contributed by atoms with Crippen molar-refractivity contribution in [1.82, 2.24) is 10.6 Å². The predicted molar refractivity (Wildman–Crippen MR) is 50.3 cm³/mol. The van der Waals surface area contributed by atoms with Crippen molar-refractivity contribution in [2.24, 2.45) is 5.92 Å². The quantitative estimate of drug-likeness (QED) is 0.554. The molecule has 1 aliphatic rings. The van der Waals surface area contributed by atoms with E-state index in [-0.39, 0.29) is 24.5 Å². The molecule has 76 valence electrons. The van der Waals surface area contributed by atoms with Crippen LogP contribution < -0.4 is 10.6 Å². The molecule has 1 rings (SSSR count). The number of carbonyl (C=O) groups is 1. The number of aliphatic hydroxyl groups excluding tert-OH is 1. The molecule has 0 aliphatic carbocycles. The van der Waals surface area contributed by atoms with Crippen molar-refractivity contribution in [1.29, 1.82) is 0 Å². The first-order chi connectivity index (χ1) is 6.24. The Kier molecular flexibility index (Phi) is 4.18. The Morgan fingerprint density at radius 2 is 2.54 bits per heavy atom. The number of rotatable bonds is 4. The number of amides is 1. The van der Waals surface area contributed by atoms with E-state index in [1.165, 1.54) is 0 Å². The highest BCUT2D eigenvalue weighted by atomic mass is 16.3. The molecule has 0 aromatic heterocycles. The first-order valence-corrected chi connectivity index (χ1v) is 4.86. The summed E-state index contributed by atoms with van der Waals surface area (Å²) >= 11 is 0. The van der Waals surface area contributed by atoms with E-state index >= 15 is 0 Å². The van der Waals surface area contributed by atoms with Gasteiger partial charge in [0.25, 0.3) is 0 Å². The van der Waals surface area contributed by atoms with E-state index in [0.717, 1.165) is 19.4 Å². The number of piperidine rings is 1. The van der Waals surface area contributed by atoms with Crippen LogP contribution in [0.5, 0.6) is 0 Å². The minimum Gasteiger partial charge on any atom is -0.396 e. The second-order valence-corrected chi connectivity index (χ2v) is 3.68. The van der Waals surface area contributed by atoms with Crippen molar-refractivity contribution < 1.29 is 9.90 Å². The van der Waals surface area contributed by atoms with Crippen LogP contribution in [0.1, 0.15) is 19.8 Å². The average molecular weight is 186 g/mol. The number of hydrogen-bond donors (Lipinski definition) is 3. The van der Waals surface area contributed by atoms with E-state index in [4.69, 9.17) is 5.11 Å². The zero-order valence-corrected chi connectivity index (χ0v) is 8.05. The normalized spacial score (nSPS) is 25.4. The number of nitrogens with one attached hydrogen (secondary N) is 2. The van der Waals surface area contributed by atoms with E-state index in [0.29, 0.717) is 6.54 Å². The molecule has 2 atom stereocenters. The minimum atomic E-state index is -0.0530. The molecule has 1 heterocycles. The zero-order valence-electron chi connectivity index (χ0n) is 8.05. The van der Waals surface area contributed by atoms with Crippen LogP contribution in [-0.2, 0) is 4.79 Å². The molecule has 1 saturated heterocycles. The van der Waals surface area contributed by atoms with Crippen LogP contribution in [-0.4, -0.2) is 36.8 Å². The van der Waals surface area contributed by atoms with Crippen molar-refractivity contribution >= 4 is 5.91 Å². The molecule has 2 unspecified atom stereocenters. The number of hydrogen-bond acceptors (Lipinski definition) is 3. The molecule has 0 saturated carbocycles. The summed E-state index contributed by atoms with van der Waals surface area (Å²) in [6, 6.07) is -0.0530. The first kappa shape index (κ1) is 10.5. The predicted octanol–water partition coefficient (Wildman–Crippen LogP) is -0.517. The van der Waals surface area contributed by atoms with Gasteiger partial charge in [0, 0.05) is 19.7 Å². The summed E-state index contributed by atoms with van der Waals surface area (Å²) in [6.07, 6.45) is 1.95. The Bertz CT molecular complexity index is 173. The molecule has 1 amide bonds. The Morgan fingerprint density at radius 3 is 3.15 bits per heavy atom. The van der Waals surface area contributed by atoms with Crippen molar-refractivity contribution in [2.75, 3.05) is 19.7 Å². The van der Waals surface area contributed by atoms with E-state index < -0.39 is 0 Å². The highest BCUT2D eigenvalue weighted by Gasteiger charge is 2.21. The van der Waals surface area contributed by atoms with Crippen LogP contribution in [0, 0.1) is 5.92 Å². The Balaban J connectivity index is 2.22. The topological polar surface area (TPSA) is 61.4 Å². The van der Waals surface area contributed by atoms with E-state index in [2.05, 4.69) is 10.6 Å². The van der Waals surface area contributed by atoms with Crippen LogP contribution in [0.3, 0.4) is 0 Å². The van der Waals surface area contributed by atoms with E-state index in [1.807, 2.05) is 6.92 Å². The summed E-state index contributed by atoms with van der Waals surface area (Å²) in [5.74, 6) is 0.311. The van der Waals surface area contributed by atoms with Crippen LogP contribution in [0.2, 0.25) is 0 Å². The van der Waals surface area contributed by atoms with Gasteiger partial charge in [-0.15, -0.1) is 0 Å². The van der Waals surface area contributed by atoms with Crippen LogP contribution in [0.4, 0.5) is 0 Å². The van der Waals surface area contributed by atoms with Crippen molar-refractivity contribution in [2.45, 2.75) is 25.8 Å². The van der Waals surface area contributed by atoms with Gasteiger partial charge >= 0.3 is 0 Å². The van der Waals surface area contributed by atoms with E-state index in [9.17, 15) is 4.79 Å². The van der Waals surface area contributed by atoms with Crippen molar-refractivity contribution in [3.63, 3.8) is 0 Å². The molecule has 0 bridgehead atoms. The van der Waals surface area contributed by atoms with Crippen molar-refractivity contribution in [3.05, 3.63) is 0 Å². The van der Waals surface area contributed by atoms with Gasteiger partial charge in [0.2, 0.25) is 5.91 Å². The van der Waals surface area contributed by atoms with Gasteiger partial charge in [0.15, 0.2) is 0 Å². The fourth-order valence-electron chi connectivity index (χ4n) is 1.37. The third kappa shape index (κ3) is 3.32. The molecule has 4 heteroatoms. The lowest BCUT2D eigenvalue weighted by atomic mass is 10.1. The molecule has 1 fully saturated rings. The number of carbonyl (C=O) groups excluding carboxylic acids is 1. The van der Waals surface area contributed by atoms with Gasteiger partial charge in [-0.1, -0.05) is 6.92 Å². The fraction of sp³-hybridized carbons (Fsp3) is 0.889. The molecule has 0 aromatic rings. The van der Waals surface area contributed by atoms with Crippen LogP contribution in [0.15, 0.2) is 0 Å². The monoisotopic (exact) mass is 186 g/mol. The number of aliphatic hydroxyl groups is 1. The van der Waals surface area contributed by atoms with Gasteiger partial charge in [0.05, 0.1) is 6.04 Å². The molecule has 4 nitrogen and oxygen atoms in total. The molecule has 13 heavy (non-hydrogen) atoms. The van der Waals surface area contributed by atoms with Crippen LogP contribution in [0.25, 0.3) is 0 Å². The molecule has 0 radical (unpaired) electrons. The van der Waals surface area contributed by atoms with Gasteiger partial charge in [-0.25, -0.2) is 0 Å². The lowest BCUT2D eigenvalue weighted by Gasteiger charge is -2.23. The second-order valence-electron chi connectivity index (χ2n) is 3.68. The average Bonchev–Trinajstić information content (AvgIpc) is 2.16. The molecule has 0 spiro atoms. The van der Waals surface area contributed by atoms with Gasteiger partial charge in [-0.2, -0.15) is 0 Å². The summed E-state index contributed by atoms with van der Waals surface area (Å²) in [5.41, 5.74) is 0. The van der Waals surface area contributed by atoms with Gasteiger partial charge in [0.1, 0.15) is 0 Å². The van der Waals surface area contributed by atoms with Gasteiger partial charge < -0.3 is 15.7 Å². The molecular formula is C9H18N2O2. The minimum absolute atomic E-state index is 0.0530. The van der Waals surface area contributed by atoms with Gasteiger partial charge in [-0.3, -0.25) is 4.79 Å². The Morgan fingerprint density at radius 1 is 1.77 bits per heavy atom. The summed E-state index contributed by atoms with van der Waals surface area (Å²) in [5, 5.41) is 14.7. The molecular weight excluding hydrogens is 168 g/mol. The lowest BCUT2D eigenvalue weighted by Crippen LogP contribution is -2.49. The largest absolute Gasteiger partial charge is 0.396 e. The SMILES string of the molecule is CC(CO)CNC1CCCNC1=O. The molecule has 0 aromatic carbocycles. The smallest absolute Gasteiger partial charge is 0.237 e. The first-order valence-electron chi connectivity index (χ1n) is 4.86. The molecule has 1 aliphatic heterocycles. The maximum Gasteiger partial charge on any atom is 0.237 e. The second kappa shape index (κ2) is 5.19. The summed E-state index contributed by atoms with van der Waals surface area (Å²) in [7, 11) is 0. The Labute approximate surface area is 78.7 Å². The zero-order chi connectivity index (χ0) is 9.68. The third-order valence-electron chi connectivity index (χ3n) is 2.31. The summed E-state index contributed by atoms with van der Waals surface area (Å²) in [4.78, 5) is 11.3. The lowest BCUT2D eigenvalue weighted by molar-refractivity contribution is -0.124. The fourth-order valence-corrected chi connectivity index (χ4v) is 1.37. The highest BCUT2D eigenvalue weighted by molar-refractivity contribution is 5.82. The maximum absolute atomic E-state index is 11.3. The molecule has 3 N–H and O–H groups in total. The highest BCUT2D eigenvalue weighted by Crippen LogP contribution is 2.03. The Hall–Kier alpha value is -0.610. The van der Waals surface area contributed by atoms with Crippen molar-refractivity contribution in [3.8, 4) is 0 Å². The summed E-state index contributed by atoms with van der Waals surface area (Å²) in [6.45, 7) is 3.62. The summed E-state index contributed by atoms with van der Waals surface area (Å²) < 4.78 is 0.